The Morgan fingerprint density at radius 3 is 2.45 bits per heavy atom. The first-order valence-corrected chi connectivity index (χ1v) is 6.55. The van der Waals surface area contributed by atoms with Gasteiger partial charge >= 0.3 is 0 Å². The number of aromatic nitrogens is 3. The number of hydrogen-bond acceptors (Lipinski definition) is 8. The van der Waals surface area contributed by atoms with E-state index in [1.54, 1.807) is 6.19 Å². The molecule has 1 aromatic heterocycles. The van der Waals surface area contributed by atoms with E-state index in [1.807, 2.05) is 0 Å². The van der Waals surface area contributed by atoms with E-state index in [0.29, 0.717) is 5.69 Å². The summed E-state index contributed by atoms with van der Waals surface area (Å²) in [6, 6.07) is 5.28. The van der Waals surface area contributed by atoms with Gasteiger partial charge in [0.05, 0.1) is 4.90 Å². The average Bonchev–Trinajstić information content (AvgIpc) is 2.39. The Morgan fingerprint density at radius 2 is 1.85 bits per heavy atom. The summed E-state index contributed by atoms with van der Waals surface area (Å²) in [5.74, 6) is 0.150. The van der Waals surface area contributed by atoms with Crippen molar-refractivity contribution < 1.29 is 13.0 Å². The first-order chi connectivity index (χ1) is 9.49. The van der Waals surface area contributed by atoms with Gasteiger partial charge in [0, 0.05) is 5.69 Å². The molecule has 0 aliphatic carbocycles. The molecule has 10 heteroatoms. The third-order valence-electron chi connectivity index (χ3n) is 2.10. The molecule has 1 heterocycles. The Balaban J connectivity index is 2.18. The van der Waals surface area contributed by atoms with Crippen molar-refractivity contribution in [3.8, 4) is 6.19 Å². The molecule has 0 atom stereocenters. The van der Waals surface area contributed by atoms with Crippen molar-refractivity contribution in [3.05, 3.63) is 30.6 Å². The van der Waals surface area contributed by atoms with Crippen LogP contribution in [-0.2, 0) is 10.1 Å². The maximum atomic E-state index is 10.9. The van der Waals surface area contributed by atoms with Crippen molar-refractivity contribution in [3.63, 3.8) is 0 Å². The zero-order chi connectivity index (χ0) is 14.6. The molecule has 0 unspecified atom stereocenters. The van der Waals surface area contributed by atoms with Gasteiger partial charge in [-0.2, -0.15) is 28.6 Å². The van der Waals surface area contributed by atoms with E-state index >= 15 is 0 Å². The molecule has 0 aliphatic rings. The van der Waals surface area contributed by atoms with Gasteiger partial charge in [-0.3, -0.25) is 9.87 Å². The fraction of sp³-hybridized carbons (Fsp3) is 0. The van der Waals surface area contributed by atoms with Crippen LogP contribution in [0.5, 0.6) is 0 Å². The third kappa shape index (κ3) is 3.37. The fourth-order valence-electron chi connectivity index (χ4n) is 1.27. The van der Waals surface area contributed by atoms with Gasteiger partial charge in [0.2, 0.25) is 18.2 Å². The van der Waals surface area contributed by atoms with Crippen LogP contribution >= 0.6 is 0 Å². The summed E-state index contributed by atoms with van der Waals surface area (Å²) in [5.41, 5.74) is 0.486. The van der Waals surface area contributed by atoms with Gasteiger partial charge in [0.25, 0.3) is 10.1 Å². The number of nitrogens with one attached hydrogen (secondary N) is 2. The molecule has 0 amide bonds. The Labute approximate surface area is 114 Å². The first kappa shape index (κ1) is 13.7. The Morgan fingerprint density at radius 1 is 1.20 bits per heavy atom. The molecule has 0 bridgehead atoms. The lowest BCUT2D eigenvalue weighted by atomic mass is 10.3. The van der Waals surface area contributed by atoms with Crippen LogP contribution in [0.1, 0.15) is 0 Å². The van der Waals surface area contributed by atoms with E-state index in [-0.39, 0.29) is 16.8 Å². The van der Waals surface area contributed by atoms with Crippen LogP contribution < -0.4 is 10.6 Å². The Kier molecular flexibility index (Phi) is 3.74. The monoisotopic (exact) mass is 291 g/mol. The lowest BCUT2D eigenvalue weighted by Gasteiger charge is -2.05. The Bertz CT molecular complexity index is 753. The van der Waals surface area contributed by atoms with Crippen molar-refractivity contribution in [1.82, 2.24) is 15.0 Å². The highest BCUT2D eigenvalue weighted by Gasteiger charge is 2.09. The van der Waals surface area contributed by atoms with Crippen LogP contribution in [0, 0.1) is 17.8 Å². The van der Waals surface area contributed by atoms with E-state index in [4.69, 9.17) is 9.81 Å². The molecule has 9 nitrogen and oxygen atoms in total. The second-order valence-electron chi connectivity index (χ2n) is 3.44. The van der Waals surface area contributed by atoms with Gasteiger partial charge in [0.15, 0.2) is 6.19 Å². The quantitative estimate of drug-likeness (QED) is 0.418. The van der Waals surface area contributed by atoms with Crippen LogP contribution in [0.15, 0.2) is 29.2 Å². The zero-order valence-electron chi connectivity index (χ0n) is 9.77. The molecule has 0 saturated heterocycles. The second-order valence-corrected chi connectivity index (χ2v) is 4.87. The normalized spacial score (nSPS) is 10.6. The average molecular weight is 291 g/mol. The van der Waals surface area contributed by atoms with Crippen molar-refractivity contribution in [2.75, 3.05) is 10.6 Å². The minimum Gasteiger partial charge on any atom is -0.324 e. The lowest BCUT2D eigenvalue weighted by molar-refractivity contribution is 0.483. The summed E-state index contributed by atoms with van der Waals surface area (Å²) in [7, 11) is -4.23. The van der Waals surface area contributed by atoms with Crippen LogP contribution in [-0.4, -0.2) is 27.9 Å². The molecule has 101 valence electrons. The molecule has 20 heavy (non-hydrogen) atoms. The van der Waals surface area contributed by atoms with Crippen LogP contribution in [0.25, 0.3) is 0 Å². The number of rotatable bonds is 4. The minimum absolute atomic E-state index is 0.0274. The summed E-state index contributed by atoms with van der Waals surface area (Å²) in [4.78, 5) is 10.9. The van der Waals surface area contributed by atoms with E-state index in [2.05, 4.69) is 31.9 Å². The first-order valence-electron chi connectivity index (χ1n) is 5.11. The summed E-state index contributed by atoms with van der Waals surface area (Å²) in [6.07, 6.45) is 3.95. The standard InChI is InChI=1S/C10H7N6O3S/c11-5-12-9-13-6-14-10(16-9)15-7-1-3-8(4-2-7)20(17,18)19/h1-4H,(H,17,18,19)(H2,12,13,14,15,16). The molecule has 1 aromatic carbocycles. The summed E-state index contributed by atoms with van der Waals surface area (Å²) >= 11 is 0. The SMILES string of the molecule is N#CNc1n[c]nc(Nc2ccc(S(=O)(=O)O)cc2)n1. The number of anilines is 3. The molecular weight excluding hydrogens is 284 g/mol. The van der Waals surface area contributed by atoms with E-state index < -0.39 is 10.1 Å². The van der Waals surface area contributed by atoms with Gasteiger partial charge in [-0.15, -0.1) is 0 Å². The van der Waals surface area contributed by atoms with Crippen molar-refractivity contribution in [2.45, 2.75) is 4.90 Å². The van der Waals surface area contributed by atoms with E-state index in [0.717, 1.165) is 0 Å². The van der Waals surface area contributed by atoms with E-state index in [1.165, 1.54) is 24.3 Å². The molecule has 2 aromatic rings. The maximum Gasteiger partial charge on any atom is 0.294 e. The van der Waals surface area contributed by atoms with Crippen LogP contribution in [0.4, 0.5) is 17.6 Å². The predicted octanol–water partition coefficient (Wildman–Crippen LogP) is 0.555. The molecule has 1 radical (unpaired) electrons. The molecule has 0 spiro atoms. The zero-order valence-corrected chi connectivity index (χ0v) is 10.6. The summed E-state index contributed by atoms with van der Waals surface area (Å²) in [6.45, 7) is 0. The highest BCUT2D eigenvalue weighted by atomic mass is 32.2. The van der Waals surface area contributed by atoms with Gasteiger partial charge in [-0.05, 0) is 24.3 Å². The summed E-state index contributed by atoms with van der Waals surface area (Å²) in [5, 5.41) is 13.4. The van der Waals surface area contributed by atoms with Gasteiger partial charge in [0.1, 0.15) is 0 Å². The number of nitriles is 1. The highest BCUT2D eigenvalue weighted by Crippen LogP contribution is 2.16. The molecule has 0 saturated carbocycles. The number of benzene rings is 1. The highest BCUT2D eigenvalue weighted by molar-refractivity contribution is 7.85. The molecule has 3 N–H and O–H groups in total. The fourth-order valence-corrected chi connectivity index (χ4v) is 1.75. The van der Waals surface area contributed by atoms with Crippen LogP contribution in [0.3, 0.4) is 0 Å². The molecular formula is C10H7N6O3S. The predicted molar refractivity (Wildman–Crippen MR) is 67.4 cm³/mol. The minimum atomic E-state index is -4.23. The number of nitrogens with zero attached hydrogens (tertiary/aromatic N) is 4. The molecule has 2 rings (SSSR count). The topological polar surface area (TPSA) is 141 Å². The smallest absolute Gasteiger partial charge is 0.294 e. The van der Waals surface area contributed by atoms with Gasteiger partial charge in [-0.1, -0.05) is 0 Å². The van der Waals surface area contributed by atoms with Gasteiger partial charge in [-0.25, -0.2) is 0 Å². The third-order valence-corrected chi connectivity index (χ3v) is 2.97. The van der Waals surface area contributed by atoms with Crippen molar-refractivity contribution in [2.24, 2.45) is 0 Å². The largest absolute Gasteiger partial charge is 0.324 e. The molecule has 0 fully saturated rings. The second kappa shape index (κ2) is 5.47. The molecule has 0 aliphatic heterocycles. The van der Waals surface area contributed by atoms with Crippen LogP contribution in [0.2, 0.25) is 0 Å². The summed E-state index contributed by atoms with van der Waals surface area (Å²) < 4.78 is 30.6. The lowest BCUT2D eigenvalue weighted by Crippen LogP contribution is -2.03. The Hall–Kier alpha value is -2.77. The number of hydrogen-bond donors (Lipinski definition) is 3. The van der Waals surface area contributed by atoms with Gasteiger partial charge < -0.3 is 5.32 Å². The van der Waals surface area contributed by atoms with Crippen molar-refractivity contribution >= 4 is 27.7 Å². The van der Waals surface area contributed by atoms with E-state index in [9.17, 15) is 8.42 Å². The van der Waals surface area contributed by atoms with Crippen molar-refractivity contribution in [1.29, 1.82) is 5.26 Å². The maximum absolute atomic E-state index is 10.9.